The van der Waals surface area contributed by atoms with Crippen molar-refractivity contribution in [1.29, 1.82) is 0 Å². The van der Waals surface area contributed by atoms with Gasteiger partial charge in [-0.25, -0.2) is 0 Å². The molecule has 3 nitrogen and oxygen atoms in total. The molecule has 0 spiro atoms. The summed E-state index contributed by atoms with van der Waals surface area (Å²) >= 11 is 0. The van der Waals surface area contributed by atoms with Crippen LogP contribution in [0.5, 0.6) is 0 Å². The molecule has 0 N–H and O–H groups in total. The minimum Gasteiger partial charge on any atom is -0.465 e. The fourth-order valence-electron chi connectivity index (χ4n) is 4.02. The van der Waals surface area contributed by atoms with E-state index in [1.165, 1.54) is 49.7 Å². The Hall–Kier alpha value is -0.570. The number of unbranched alkanes of at least 4 members (excludes halogenated alkanes) is 1. The lowest BCUT2D eigenvalue weighted by molar-refractivity contribution is -0.947. The number of esters is 1. The van der Waals surface area contributed by atoms with Crippen molar-refractivity contribution in [3.05, 3.63) is 0 Å². The van der Waals surface area contributed by atoms with Crippen LogP contribution in [0.2, 0.25) is 0 Å². The molecule has 110 valence electrons. The van der Waals surface area contributed by atoms with Gasteiger partial charge in [0, 0.05) is 18.8 Å². The molecule has 3 heteroatoms. The molecule has 2 saturated heterocycles. The van der Waals surface area contributed by atoms with Gasteiger partial charge in [0.15, 0.2) is 0 Å². The summed E-state index contributed by atoms with van der Waals surface area (Å²) in [6, 6.07) is 0.737. The summed E-state index contributed by atoms with van der Waals surface area (Å²) in [4.78, 5) is 11.7. The highest BCUT2D eigenvalue weighted by Crippen LogP contribution is 2.36. The van der Waals surface area contributed by atoms with E-state index >= 15 is 0 Å². The first kappa shape index (κ1) is 14.8. The average molecular weight is 268 g/mol. The van der Waals surface area contributed by atoms with Crippen molar-refractivity contribution in [2.45, 2.75) is 64.3 Å². The van der Waals surface area contributed by atoms with E-state index in [1.54, 1.807) is 0 Å². The molecule has 3 unspecified atom stereocenters. The SMILES string of the molecule is CCCCC(=O)OCC1CCC[N+]2(C)CCCCC12. The summed E-state index contributed by atoms with van der Waals surface area (Å²) < 4.78 is 6.76. The number of rotatable bonds is 5. The van der Waals surface area contributed by atoms with Crippen LogP contribution in [0, 0.1) is 5.92 Å². The van der Waals surface area contributed by atoms with E-state index in [4.69, 9.17) is 4.74 Å². The number of fused-ring (bicyclic) bond motifs is 1. The first-order valence-electron chi connectivity index (χ1n) is 8.15. The van der Waals surface area contributed by atoms with E-state index < -0.39 is 0 Å². The van der Waals surface area contributed by atoms with E-state index in [1.807, 2.05) is 0 Å². The van der Waals surface area contributed by atoms with Crippen LogP contribution in [-0.2, 0) is 9.53 Å². The molecular weight excluding hydrogens is 238 g/mol. The van der Waals surface area contributed by atoms with Crippen LogP contribution in [0.1, 0.15) is 58.3 Å². The lowest BCUT2D eigenvalue weighted by Crippen LogP contribution is -2.61. The van der Waals surface area contributed by atoms with Gasteiger partial charge < -0.3 is 9.22 Å². The third-order valence-electron chi connectivity index (χ3n) is 5.20. The van der Waals surface area contributed by atoms with E-state index in [0.29, 0.717) is 18.9 Å². The second-order valence-corrected chi connectivity index (χ2v) is 6.68. The molecule has 0 aliphatic carbocycles. The Balaban J connectivity index is 1.83. The standard InChI is InChI=1S/C16H30NO2/c1-3-4-10-16(18)19-13-14-8-7-12-17(2)11-6-5-9-15(14)17/h14-15H,3-13H2,1-2H3/q+1. The number of carbonyl (C=O) groups is 1. The summed E-state index contributed by atoms with van der Waals surface area (Å²) in [5.41, 5.74) is 0. The maximum absolute atomic E-state index is 11.7. The monoisotopic (exact) mass is 268 g/mol. The Morgan fingerprint density at radius 1 is 1.21 bits per heavy atom. The lowest BCUT2D eigenvalue weighted by Gasteiger charge is -2.51. The van der Waals surface area contributed by atoms with Crippen molar-refractivity contribution >= 4 is 5.97 Å². The normalized spacial score (nSPS) is 34.6. The van der Waals surface area contributed by atoms with Crippen molar-refractivity contribution < 1.29 is 14.0 Å². The van der Waals surface area contributed by atoms with Crippen LogP contribution in [0.4, 0.5) is 0 Å². The molecular formula is C16H30NO2+. The molecule has 19 heavy (non-hydrogen) atoms. The molecule has 0 aromatic rings. The summed E-state index contributed by atoms with van der Waals surface area (Å²) in [5.74, 6) is 0.613. The molecule has 2 fully saturated rings. The fourth-order valence-corrected chi connectivity index (χ4v) is 4.02. The third-order valence-corrected chi connectivity index (χ3v) is 5.20. The van der Waals surface area contributed by atoms with Gasteiger partial charge in [-0.3, -0.25) is 4.79 Å². The van der Waals surface area contributed by atoms with Crippen molar-refractivity contribution in [3.63, 3.8) is 0 Å². The highest BCUT2D eigenvalue weighted by molar-refractivity contribution is 5.69. The van der Waals surface area contributed by atoms with Gasteiger partial charge in [-0.1, -0.05) is 13.3 Å². The molecule has 2 aliphatic rings. The predicted molar refractivity (Wildman–Crippen MR) is 76.8 cm³/mol. The van der Waals surface area contributed by atoms with Crippen LogP contribution in [0.15, 0.2) is 0 Å². The summed E-state index contributed by atoms with van der Waals surface area (Å²) in [5, 5.41) is 0. The predicted octanol–water partition coefficient (Wildman–Crippen LogP) is 3.13. The average Bonchev–Trinajstić information content (AvgIpc) is 2.41. The highest BCUT2D eigenvalue weighted by Gasteiger charge is 2.43. The molecule has 3 atom stereocenters. The molecule has 0 aromatic heterocycles. The van der Waals surface area contributed by atoms with Gasteiger partial charge in [-0.2, -0.15) is 0 Å². The maximum atomic E-state index is 11.7. The Kier molecular flexibility index (Phi) is 5.26. The van der Waals surface area contributed by atoms with Gasteiger partial charge in [0.05, 0.1) is 32.8 Å². The fraction of sp³-hybridized carbons (Fsp3) is 0.938. The number of piperidine rings is 2. The van der Waals surface area contributed by atoms with Crippen molar-refractivity contribution in [2.75, 3.05) is 26.7 Å². The number of carbonyl (C=O) groups excluding carboxylic acids is 1. The Labute approximate surface area is 117 Å². The molecule has 0 radical (unpaired) electrons. The number of hydrogen-bond donors (Lipinski definition) is 0. The van der Waals surface area contributed by atoms with Gasteiger partial charge in [0.2, 0.25) is 0 Å². The largest absolute Gasteiger partial charge is 0.465 e. The van der Waals surface area contributed by atoms with E-state index in [-0.39, 0.29) is 5.97 Å². The second kappa shape index (κ2) is 6.74. The van der Waals surface area contributed by atoms with E-state index in [2.05, 4.69) is 14.0 Å². The van der Waals surface area contributed by atoms with Crippen molar-refractivity contribution in [2.24, 2.45) is 5.92 Å². The number of hydrogen-bond acceptors (Lipinski definition) is 2. The molecule has 0 amide bonds. The van der Waals surface area contributed by atoms with Crippen LogP contribution in [-0.4, -0.2) is 43.2 Å². The Morgan fingerprint density at radius 3 is 2.79 bits per heavy atom. The highest BCUT2D eigenvalue weighted by atomic mass is 16.5. The van der Waals surface area contributed by atoms with E-state index in [9.17, 15) is 4.79 Å². The maximum Gasteiger partial charge on any atom is 0.305 e. The summed E-state index contributed by atoms with van der Waals surface area (Å²) in [6.07, 6.45) is 9.23. The topological polar surface area (TPSA) is 26.3 Å². The number of ether oxygens (including phenoxy) is 1. The zero-order chi connectivity index (χ0) is 13.7. The number of nitrogens with zero attached hydrogens (tertiary/aromatic N) is 1. The smallest absolute Gasteiger partial charge is 0.305 e. The van der Waals surface area contributed by atoms with E-state index in [0.717, 1.165) is 18.9 Å². The Bertz CT molecular complexity index is 301. The lowest BCUT2D eigenvalue weighted by atomic mass is 9.82. The molecule has 0 bridgehead atoms. The zero-order valence-corrected chi connectivity index (χ0v) is 12.7. The van der Waals surface area contributed by atoms with Crippen LogP contribution < -0.4 is 0 Å². The minimum absolute atomic E-state index is 0.0115. The van der Waals surface area contributed by atoms with Gasteiger partial charge in [-0.05, 0) is 32.1 Å². The number of quaternary nitrogens is 1. The molecule has 2 heterocycles. The molecule has 2 rings (SSSR count). The first-order chi connectivity index (χ1) is 9.15. The minimum atomic E-state index is 0.0115. The molecule has 0 aromatic carbocycles. The van der Waals surface area contributed by atoms with Crippen LogP contribution in [0.25, 0.3) is 0 Å². The third kappa shape index (κ3) is 3.71. The first-order valence-corrected chi connectivity index (χ1v) is 8.15. The van der Waals surface area contributed by atoms with Gasteiger partial charge >= 0.3 is 5.97 Å². The summed E-state index contributed by atoms with van der Waals surface area (Å²) in [6.45, 7) is 5.43. The molecule has 0 saturated carbocycles. The van der Waals surface area contributed by atoms with Crippen molar-refractivity contribution in [1.82, 2.24) is 0 Å². The molecule has 2 aliphatic heterocycles. The second-order valence-electron chi connectivity index (χ2n) is 6.68. The van der Waals surface area contributed by atoms with Gasteiger partial charge in [0.25, 0.3) is 0 Å². The Morgan fingerprint density at radius 2 is 2.00 bits per heavy atom. The van der Waals surface area contributed by atoms with Gasteiger partial charge in [0.1, 0.15) is 0 Å². The van der Waals surface area contributed by atoms with Crippen LogP contribution >= 0.6 is 0 Å². The quantitative estimate of drug-likeness (QED) is 0.565. The summed E-state index contributed by atoms with van der Waals surface area (Å²) in [7, 11) is 2.41. The van der Waals surface area contributed by atoms with Crippen LogP contribution in [0.3, 0.4) is 0 Å². The zero-order valence-electron chi connectivity index (χ0n) is 12.7. The van der Waals surface area contributed by atoms with Gasteiger partial charge in [-0.15, -0.1) is 0 Å². The van der Waals surface area contributed by atoms with Crippen molar-refractivity contribution in [3.8, 4) is 0 Å².